The molecule has 1 aliphatic rings. The van der Waals surface area contributed by atoms with E-state index < -0.39 is 0 Å². The molecule has 1 aromatic carbocycles. The molecular formula is C14H18BrNO2. The summed E-state index contributed by atoms with van der Waals surface area (Å²) in [5, 5.41) is 3.76. The minimum atomic E-state index is -0.0154. The highest BCUT2D eigenvalue weighted by molar-refractivity contribution is 9.08. The third-order valence-corrected chi connectivity index (χ3v) is 3.97. The molecule has 1 amide bonds. The smallest absolute Gasteiger partial charge is 0.230 e. The molecule has 0 radical (unpaired) electrons. The van der Waals surface area contributed by atoms with Crippen molar-refractivity contribution in [2.75, 3.05) is 11.9 Å². The summed E-state index contributed by atoms with van der Waals surface area (Å²) in [5.41, 5.74) is 1.99. The van der Waals surface area contributed by atoms with Crippen LogP contribution < -0.4 is 5.32 Å². The minimum Gasteiger partial charge on any atom is -0.377 e. The SMILES string of the molecule is CCC1OCCC1C(=O)Nc1ccccc1CBr. The lowest BCUT2D eigenvalue weighted by Gasteiger charge is -2.17. The van der Waals surface area contributed by atoms with Crippen LogP contribution in [0.15, 0.2) is 24.3 Å². The quantitative estimate of drug-likeness (QED) is 0.866. The number of halogens is 1. The summed E-state index contributed by atoms with van der Waals surface area (Å²) in [6.45, 7) is 2.75. The highest BCUT2D eigenvalue weighted by Gasteiger charge is 2.32. The molecule has 3 nitrogen and oxygen atoms in total. The average Bonchev–Trinajstić information content (AvgIpc) is 2.87. The van der Waals surface area contributed by atoms with E-state index in [9.17, 15) is 4.79 Å². The Morgan fingerprint density at radius 2 is 2.28 bits per heavy atom. The molecule has 1 fully saturated rings. The highest BCUT2D eigenvalue weighted by Crippen LogP contribution is 2.26. The first-order valence-electron chi connectivity index (χ1n) is 6.32. The van der Waals surface area contributed by atoms with Gasteiger partial charge in [0.25, 0.3) is 0 Å². The van der Waals surface area contributed by atoms with E-state index in [1.54, 1.807) is 0 Å². The first-order valence-corrected chi connectivity index (χ1v) is 7.44. The number of benzene rings is 1. The summed E-state index contributed by atoms with van der Waals surface area (Å²) in [4.78, 5) is 12.2. The van der Waals surface area contributed by atoms with Crippen LogP contribution in [-0.2, 0) is 14.9 Å². The Balaban J connectivity index is 2.07. The van der Waals surface area contributed by atoms with Crippen molar-refractivity contribution in [3.05, 3.63) is 29.8 Å². The van der Waals surface area contributed by atoms with Crippen LogP contribution in [0.2, 0.25) is 0 Å². The molecule has 1 N–H and O–H groups in total. The highest BCUT2D eigenvalue weighted by atomic mass is 79.9. The number of carbonyl (C=O) groups is 1. The Kier molecular flexibility index (Phi) is 4.78. The molecule has 1 aromatic rings. The third kappa shape index (κ3) is 2.93. The van der Waals surface area contributed by atoms with Crippen molar-refractivity contribution in [2.45, 2.75) is 31.2 Å². The van der Waals surface area contributed by atoms with Crippen molar-refractivity contribution in [1.29, 1.82) is 0 Å². The summed E-state index contributed by atoms with van der Waals surface area (Å²) in [7, 11) is 0. The molecule has 1 aliphatic heterocycles. The van der Waals surface area contributed by atoms with Crippen molar-refractivity contribution < 1.29 is 9.53 Å². The van der Waals surface area contributed by atoms with Gasteiger partial charge in [0.15, 0.2) is 0 Å². The van der Waals surface area contributed by atoms with E-state index in [0.717, 1.165) is 29.4 Å². The van der Waals surface area contributed by atoms with Gasteiger partial charge in [-0.1, -0.05) is 41.1 Å². The number of anilines is 1. The monoisotopic (exact) mass is 311 g/mol. The van der Waals surface area contributed by atoms with Gasteiger partial charge in [-0.25, -0.2) is 0 Å². The van der Waals surface area contributed by atoms with E-state index in [1.165, 1.54) is 0 Å². The number of nitrogens with one attached hydrogen (secondary N) is 1. The molecule has 0 bridgehead atoms. The van der Waals surface area contributed by atoms with E-state index in [4.69, 9.17) is 4.74 Å². The maximum atomic E-state index is 12.2. The molecule has 0 aromatic heterocycles. The molecule has 1 heterocycles. The van der Waals surface area contributed by atoms with Crippen LogP contribution in [-0.4, -0.2) is 18.6 Å². The van der Waals surface area contributed by atoms with Crippen molar-refractivity contribution in [1.82, 2.24) is 0 Å². The number of alkyl halides is 1. The van der Waals surface area contributed by atoms with E-state index in [-0.39, 0.29) is 17.9 Å². The largest absolute Gasteiger partial charge is 0.377 e. The van der Waals surface area contributed by atoms with Crippen LogP contribution >= 0.6 is 15.9 Å². The van der Waals surface area contributed by atoms with E-state index >= 15 is 0 Å². The number of hydrogen-bond donors (Lipinski definition) is 1. The Morgan fingerprint density at radius 1 is 1.50 bits per heavy atom. The fraction of sp³-hybridized carbons (Fsp3) is 0.500. The molecule has 18 heavy (non-hydrogen) atoms. The summed E-state index contributed by atoms with van der Waals surface area (Å²) in [6.07, 6.45) is 1.78. The lowest BCUT2D eigenvalue weighted by Crippen LogP contribution is -2.29. The minimum absolute atomic E-state index is 0.0154. The standard InChI is InChI=1S/C14H18BrNO2/c1-2-13-11(7-8-18-13)14(17)16-12-6-4-3-5-10(12)9-15/h3-6,11,13H,2,7-9H2,1H3,(H,16,17). The summed E-state index contributed by atoms with van der Waals surface area (Å²) in [5.74, 6) is 0.0612. The fourth-order valence-electron chi connectivity index (χ4n) is 2.33. The Hall–Kier alpha value is -0.870. The molecule has 2 rings (SSSR count). The summed E-state index contributed by atoms with van der Waals surface area (Å²) < 4.78 is 5.56. The second-order valence-corrected chi connectivity index (χ2v) is 5.05. The lowest BCUT2D eigenvalue weighted by molar-refractivity contribution is -0.121. The molecular weight excluding hydrogens is 294 g/mol. The van der Waals surface area contributed by atoms with Crippen LogP contribution in [0.1, 0.15) is 25.3 Å². The zero-order valence-corrected chi connectivity index (χ0v) is 12.1. The molecule has 0 aliphatic carbocycles. The van der Waals surface area contributed by atoms with Crippen molar-refractivity contribution in [2.24, 2.45) is 5.92 Å². The fourth-order valence-corrected chi connectivity index (χ4v) is 2.82. The molecule has 2 atom stereocenters. The molecule has 1 saturated heterocycles. The summed E-state index contributed by atoms with van der Waals surface area (Å²) >= 11 is 3.43. The van der Waals surface area contributed by atoms with Gasteiger partial charge in [0, 0.05) is 17.6 Å². The number of hydrogen-bond acceptors (Lipinski definition) is 2. The predicted molar refractivity (Wildman–Crippen MR) is 75.8 cm³/mol. The van der Waals surface area contributed by atoms with E-state index in [2.05, 4.69) is 28.2 Å². The van der Waals surface area contributed by atoms with Gasteiger partial charge in [0.1, 0.15) is 0 Å². The van der Waals surface area contributed by atoms with Gasteiger partial charge in [0.2, 0.25) is 5.91 Å². The molecule has 0 saturated carbocycles. The molecule has 0 spiro atoms. The van der Waals surface area contributed by atoms with Gasteiger partial charge in [-0.2, -0.15) is 0 Å². The topological polar surface area (TPSA) is 38.3 Å². The maximum absolute atomic E-state index is 12.2. The van der Waals surface area contributed by atoms with Gasteiger partial charge < -0.3 is 10.1 Å². The second-order valence-electron chi connectivity index (χ2n) is 4.49. The molecule has 2 unspecified atom stereocenters. The number of rotatable bonds is 4. The van der Waals surface area contributed by atoms with Crippen LogP contribution in [0, 0.1) is 5.92 Å². The van der Waals surface area contributed by atoms with Crippen LogP contribution in [0.4, 0.5) is 5.69 Å². The summed E-state index contributed by atoms with van der Waals surface area (Å²) in [6, 6.07) is 7.85. The van der Waals surface area contributed by atoms with Gasteiger partial charge in [-0.15, -0.1) is 0 Å². The van der Waals surface area contributed by atoms with Crippen LogP contribution in [0.25, 0.3) is 0 Å². The number of amides is 1. The first kappa shape index (κ1) is 13.6. The van der Waals surface area contributed by atoms with Crippen molar-refractivity contribution >= 4 is 27.5 Å². The van der Waals surface area contributed by atoms with Gasteiger partial charge in [-0.05, 0) is 24.5 Å². The number of ether oxygens (including phenoxy) is 1. The second kappa shape index (κ2) is 6.34. The average molecular weight is 312 g/mol. The van der Waals surface area contributed by atoms with Gasteiger partial charge in [0.05, 0.1) is 12.0 Å². The third-order valence-electron chi connectivity index (χ3n) is 3.37. The number of carbonyl (C=O) groups excluding carboxylic acids is 1. The molecule has 4 heteroatoms. The van der Waals surface area contributed by atoms with Crippen molar-refractivity contribution in [3.63, 3.8) is 0 Å². The maximum Gasteiger partial charge on any atom is 0.230 e. The zero-order chi connectivity index (χ0) is 13.0. The van der Waals surface area contributed by atoms with Gasteiger partial charge in [-0.3, -0.25) is 4.79 Å². The Labute approximate surface area is 116 Å². The first-order chi connectivity index (χ1) is 8.76. The number of para-hydroxylation sites is 1. The Bertz CT molecular complexity index is 422. The lowest BCUT2D eigenvalue weighted by atomic mass is 9.98. The van der Waals surface area contributed by atoms with E-state index in [0.29, 0.717) is 6.61 Å². The normalized spacial score (nSPS) is 23.0. The molecule has 98 valence electrons. The predicted octanol–water partition coefficient (Wildman–Crippen LogP) is 3.34. The van der Waals surface area contributed by atoms with Gasteiger partial charge >= 0.3 is 0 Å². The zero-order valence-electron chi connectivity index (χ0n) is 10.5. The van der Waals surface area contributed by atoms with E-state index in [1.807, 2.05) is 24.3 Å². The Morgan fingerprint density at radius 3 is 3.00 bits per heavy atom. The van der Waals surface area contributed by atoms with Crippen LogP contribution in [0.3, 0.4) is 0 Å². The van der Waals surface area contributed by atoms with Crippen molar-refractivity contribution in [3.8, 4) is 0 Å². The van der Waals surface area contributed by atoms with Crippen LogP contribution in [0.5, 0.6) is 0 Å².